The number of hydrogen-bond donors (Lipinski definition) is 2. The summed E-state index contributed by atoms with van der Waals surface area (Å²) in [6, 6.07) is 5.01. The number of alkyl halides is 4. The van der Waals surface area contributed by atoms with Gasteiger partial charge in [-0.15, -0.1) is 6.42 Å². The summed E-state index contributed by atoms with van der Waals surface area (Å²) in [6.45, 7) is 2.88. The van der Waals surface area contributed by atoms with E-state index in [1.54, 1.807) is 0 Å². The van der Waals surface area contributed by atoms with Gasteiger partial charge in [0.15, 0.2) is 5.82 Å². The maximum Gasteiger partial charge on any atom is 0.419 e. The molecule has 250 valence electrons. The van der Waals surface area contributed by atoms with Crippen LogP contribution in [0.1, 0.15) is 43.2 Å². The first-order valence-corrected chi connectivity index (χ1v) is 16.2. The summed E-state index contributed by atoms with van der Waals surface area (Å²) in [7, 11) is 0. The predicted molar refractivity (Wildman–Crippen MR) is 170 cm³/mol. The standard InChI is InChI=1S/C35H33F5N6O2/c1-2-24-27(37)6-3-19-11-23(47)12-25(28(19)24)26-13-41-31-30(29(26)35(38,39)40)43-33(44-32(31)46-15-21-4-5-22(16-46)42-21)48-18-34(8-9-34)17-45-10-7-20(36)14-45/h1,3,6,11-13,20-22,42,47H,4-5,7-10,14-18H2/t20-,21?,22?/m1/s1. The molecule has 4 fully saturated rings. The third kappa shape index (κ3) is 5.54. The number of likely N-dealkylation sites (tertiary alicyclic amines) is 1. The van der Waals surface area contributed by atoms with Crippen LogP contribution in [-0.2, 0) is 6.18 Å². The Morgan fingerprint density at radius 3 is 2.48 bits per heavy atom. The lowest BCUT2D eigenvalue weighted by Crippen LogP contribution is -2.51. The van der Waals surface area contributed by atoms with Crippen molar-refractivity contribution in [2.75, 3.05) is 44.2 Å². The van der Waals surface area contributed by atoms with Gasteiger partial charge in [0.25, 0.3) is 0 Å². The van der Waals surface area contributed by atoms with Crippen molar-refractivity contribution in [2.45, 2.75) is 56.5 Å². The number of fused-ring (bicyclic) bond motifs is 4. The lowest BCUT2D eigenvalue weighted by molar-refractivity contribution is -0.135. The van der Waals surface area contributed by atoms with Gasteiger partial charge < -0.3 is 20.1 Å². The largest absolute Gasteiger partial charge is 0.508 e. The molecule has 13 heteroatoms. The van der Waals surface area contributed by atoms with Gasteiger partial charge in [0.05, 0.1) is 17.7 Å². The van der Waals surface area contributed by atoms with E-state index < -0.39 is 34.8 Å². The molecule has 1 aliphatic carbocycles. The minimum Gasteiger partial charge on any atom is -0.508 e. The SMILES string of the molecule is C#Cc1c(F)ccc2cc(O)cc(-c3cnc4c(N5CC6CCC(C5)N6)nc(OCC5(CN6CC[C@@H](F)C6)CC5)nc4c3C(F)(F)F)c12. The van der Waals surface area contributed by atoms with Crippen LogP contribution in [0.3, 0.4) is 0 Å². The van der Waals surface area contributed by atoms with Gasteiger partial charge in [-0.1, -0.05) is 12.0 Å². The third-order valence-corrected chi connectivity index (χ3v) is 10.2. The van der Waals surface area contributed by atoms with Crippen LogP contribution in [0.25, 0.3) is 32.9 Å². The van der Waals surface area contributed by atoms with Crippen LogP contribution >= 0.6 is 0 Å². The summed E-state index contributed by atoms with van der Waals surface area (Å²) < 4.78 is 80.9. The highest BCUT2D eigenvalue weighted by atomic mass is 19.4. The first-order valence-electron chi connectivity index (χ1n) is 16.2. The highest BCUT2D eigenvalue weighted by molar-refractivity contribution is 6.04. The van der Waals surface area contributed by atoms with Gasteiger partial charge in [0.2, 0.25) is 0 Å². The van der Waals surface area contributed by atoms with Gasteiger partial charge in [-0.25, -0.2) is 8.78 Å². The molecule has 0 amide bonds. The molecule has 8 rings (SSSR count). The number of aromatic hydroxyl groups is 1. The van der Waals surface area contributed by atoms with Gasteiger partial charge in [0, 0.05) is 67.4 Å². The number of nitrogens with one attached hydrogen (secondary N) is 1. The number of aromatic nitrogens is 3. The fourth-order valence-electron chi connectivity index (χ4n) is 7.71. The molecule has 0 radical (unpaired) electrons. The molecule has 48 heavy (non-hydrogen) atoms. The molecule has 3 aliphatic heterocycles. The number of ether oxygens (including phenoxy) is 1. The Balaban J connectivity index is 1.29. The zero-order valence-corrected chi connectivity index (χ0v) is 26.0. The number of terminal acetylenes is 1. The number of phenols is 1. The summed E-state index contributed by atoms with van der Waals surface area (Å²) in [5, 5.41) is 14.4. The molecular formula is C35H33F5N6O2. The Morgan fingerprint density at radius 2 is 1.81 bits per heavy atom. The van der Waals surface area contributed by atoms with E-state index in [0.717, 1.165) is 44.0 Å². The first kappa shape index (κ1) is 31.0. The van der Waals surface area contributed by atoms with Gasteiger partial charge in [-0.05, 0) is 61.3 Å². The lowest BCUT2D eigenvalue weighted by Gasteiger charge is -2.34. The van der Waals surface area contributed by atoms with E-state index in [9.17, 15) is 13.9 Å². The van der Waals surface area contributed by atoms with Crippen molar-refractivity contribution in [1.82, 2.24) is 25.2 Å². The molecule has 0 spiro atoms. The Labute approximate surface area is 273 Å². The second kappa shape index (κ2) is 11.4. The normalized spacial score (nSPS) is 23.6. The number of hydrogen-bond acceptors (Lipinski definition) is 8. The van der Waals surface area contributed by atoms with Crippen LogP contribution in [0.5, 0.6) is 11.8 Å². The Kier molecular flexibility index (Phi) is 7.37. The number of benzene rings is 2. The van der Waals surface area contributed by atoms with Crippen molar-refractivity contribution in [1.29, 1.82) is 0 Å². The summed E-state index contributed by atoms with van der Waals surface area (Å²) in [5.74, 6) is 1.40. The molecule has 8 nitrogen and oxygen atoms in total. The van der Waals surface area contributed by atoms with Crippen LogP contribution in [0.2, 0.25) is 0 Å². The van der Waals surface area contributed by atoms with Gasteiger partial charge in [-0.3, -0.25) is 9.88 Å². The Bertz CT molecular complexity index is 1960. The van der Waals surface area contributed by atoms with E-state index in [4.69, 9.17) is 11.2 Å². The van der Waals surface area contributed by atoms with Crippen molar-refractivity contribution in [2.24, 2.45) is 5.41 Å². The van der Waals surface area contributed by atoms with E-state index in [-0.39, 0.29) is 69.1 Å². The van der Waals surface area contributed by atoms with Crippen LogP contribution in [0, 0.1) is 23.6 Å². The van der Waals surface area contributed by atoms with Crippen molar-refractivity contribution in [3.8, 4) is 35.2 Å². The molecular weight excluding hydrogens is 631 g/mol. The van der Waals surface area contributed by atoms with Crippen LogP contribution in [-0.4, -0.2) is 82.5 Å². The molecule has 2 unspecified atom stereocenters. The fraction of sp³-hybridized carbons (Fsp3) is 0.457. The molecule has 2 bridgehead atoms. The molecule has 4 aromatic rings. The lowest BCUT2D eigenvalue weighted by atomic mass is 9.91. The highest BCUT2D eigenvalue weighted by Gasteiger charge is 2.46. The summed E-state index contributed by atoms with van der Waals surface area (Å²) in [4.78, 5) is 17.6. The molecule has 3 atom stereocenters. The number of phenolic OH excluding ortho intramolecular Hbond substituents is 1. The van der Waals surface area contributed by atoms with E-state index in [1.165, 1.54) is 12.1 Å². The molecule has 2 N–H and O–H groups in total. The average molecular weight is 665 g/mol. The maximum atomic E-state index is 15.3. The number of nitrogens with zero attached hydrogens (tertiary/aromatic N) is 5. The molecule has 3 saturated heterocycles. The summed E-state index contributed by atoms with van der Waals surface area (Å²) in [6.07, 6.45) is 4.95. The van der Waals surface area contributed by atoms with Gasteiger partial charge in [0.1, 0.15) is 28.8 Å². The Morgan fingerprint density at radius 1 is 1.04 bits per heavy atom. The molecule has 2 aromatic carbocycles. The monoisotopic (exact) mass is 664 g/mol. The van der Waals surface area contributed by atoms with Crippen LogP contribution in [0.15, 0.2) is 30.5 Å². The number of rotatable bonds is 7. The quantitative estimate of drug-likeness (QED) is 0.189. The topological polar surface area (TPSA) is 86.6 Å². The average Bonchev–Trinajstić information content (AvgIpc) is 3.57. The zero-order valence-electron chi connectivity index (χ0n) is 26.0. The van der Waals surface area contributed by atoms with Crippen LogP contribution in [0.4, 0.5) is 27.8 Å². The first-order chi connectivity index (χ1) is 23.0. The molecule has 2 aromatic heterocycles. The smallest absolute Gasteiger partial charge is 0.419 e. The minimum atomic E-state index is -4.96. The summed E-state index contributed by atoms with van der Waals surface area (Å²) in [5.41, 5.74) is -2.65. The van der Waals surface area contributed by atoms with E-state index in [2.05, 4.69) is 31.1 Å². The second-order valence-corrected chi connectivity index (χ2v) is 13.7. The number of piperazine rings is 1. The molecule has 1 saturated carbocycles. The number of anilines is 1. The zero-order chi connectivity index (χ0) is 33.4. The van der Waals surface area contributed by atoms with Gasteiger partial charge >= 0.3 is 12.2 Å². The highest BCUT2D eigenvalue weighted by Crippen LogP contribution is 2.48. The van der Waals surface area contributed by atoms with Crippen molar-refractivity contribution < 1.29 is 31.8 Å². The fourth-order valence-corrected chi connectivity index (χ4v) is 7.71. The molecule has 4 aliphatic rings. The van der Waals surface area contributed by atoms with E-state index in [0.29, 0.717) is 39.1 Å². The van der Waals surface area contributed by atoms with Gasteiger partial charge in [-0.2, -0.15) is 23.1 Å². The number of halogens is 5. The minimum absolute atomic E-state index is 0.0412. The predicted octanol–water partition coefficient (Wildman–Crippen LogP) is 5.83. The Hall–Kier alpha value is -4.28. The van der Waals surface area contributed by atoms with E-state index >= 15 is 13.2 Å². The summed E-state index contributed by atoms with van der Waals surface area (Å²) >= 11 is 0. The third-order valence-electron chi connectivity index (χ3n) is 10.2. The maximum absolute atomic E-state index is 15.3. The van der Waals surface area contributed by atoms with E-state index in [1.807, 2.05) is 4.90 Å². The van der Waals surface area contributed by atoms with Crippen molar-refractivity contribution in [3.05, 3.63) is 47.4 Å². The van der Waals surface area contributed by atoms with Crippen molar-refractivity contribution >= 4 is 27.6 Å². The number of pyridine rings is 1. The van der Waals surface area contributed by atoms with Crippen molar-refractivity contribution in [3.63, 3.8) is 0 Å². The second-order valence-electron chi connectivity index (χ2n) is 13.7. The van der Waals surface area contributed by atoms with Crippen LogP contribution < -0.4 is 15.0 Å². The molecule has 5 heterocycles.